The number of nitrogens with zero attached hydrogens (tertiary/aromatic N) is 2. The summed E-state index contributed by atoms with van der Waals surface area (Å²) in [5, 5.41) is 1.15. The normalized spacial score (nSPS) is 10.8. The van der Waals surface area contributed by atoms with E-state index in [4.69, 9.17) is 16.3 Å². The number of amides is 1. The number of carbonyl (C=O) groups is 1. The smallest absolute Gasteiger partial charge is 0.254 e. The van der Waals surface area contributed by atoms with Gasteiger partial charge in [0, 0.05) is 25.1 Å². The molecule has 0 aliphatic heterocycles. The van der Waals surface area contributed by atoms with Crippen molar-refractivity contribution in [1.29, 1.82) is 0 Å². The Morgan fingerprint density at radius 1 is 1.33 bits per heavy atom. The van der Waals surface area contributed by atoms with Crippen LogP contribution >= 0.6 is 11.6 Å². The topological polar surface area (TPSA) is 42.4 Å². The second-order valence-electron chi connectivity index (χ2n) is 4.59. The van der Waals surface area contributed by atoms with E-state index in [9.17, 15) is 4.79 Å². The minimum Gasteiger partial charge on any atom is -0.380 e. The Morgan fingerprint density at radius 3 is 2.81 bits per heavy atom. The van der Waals surface area contributed by atoms with Crippen molar-refractivity contribution in [2.75, 3.05) is 26.3 Å². The van der Waals surface area contributed by atoms with E-state index in [1.165, 1.54) is 0 Å². The second-order valence-corrected chi connectivity index (χ2v) is 4.98. The largest absolute Gasteiger partial charge is 0.380 e. The summed E-state index contributed by atoms with van der Waals surface area (Å²) >= 11 is 6.04. The number of hydrogen-bond acceptors (Lipinski definition) is 3. The Balaban J connectivity index is 2.33. The van der Waals surface area contributed by atoms with Crippen molar-refractivity contribution in [2.24, 2.45) is 0 Å². The Kier molecular flexibility index (Phi) is 5.53. The van der Waals surface area contributed by atoms with Gasteiger partial charge in [0.2, 0.25) is 0 Å². The average molecular weight is 307 g/mol. The zero-order valence-electron chi connectivity index (χ0n) is 12.3. The number of rotatable bonds is 6. The van der Waals surface area contributed by atoms with Crippen molar-refractivity contribution in [3.05, 3.63) is 41.0 Å². The van der Waals surface area contributed by atoms with Gasteiger partial charge in [-0.15, -0.1) is 0 Å². The lowest BCUT2D eigenvalue weighted by molar-refractivity contribution is 0.0671. The number of aromatic nitrogens is 1. The van der Waals surface area contributed by atoms with E-state index in [1.807, 2.05) is 38.1 Å². The standard InChI is InChI=1S/C16H19ClN2O2/c1-3-19(9-10-21-4-2)16(20)13-11-15(17)18-14-8-6-5-7-12(13)14/h5-8,11H,3-4,9-10H2,1-2H3. The van der Waals surface area contributed by atoms with Crippen LogP contribution in [0.25, 0.3) is 10.9 Å². The number of para-hydroxylation sites is 1. The van der Waals surface area contributed by atoms with Gasteiger partial charge in [-0.1, -0.05) is 29.8 Å². The molecule has 1 aromatic heterocycles. The maximum absolute atomic E-state index is 12.7. The molecule has 0 unspecified atom stereocenters. The fourth-order valence-electron chi connectivity index (χ4n) is 2.21. The molecule has 0 atom stereocenters. The molecular formula is C16H19ClN2O2. The lowest BCUT2D eigenvalue weighted by atomic mass is 10.1. The van der Waals surface area contributed by atoms with Crippen LogP contribution in [0.4, 0.5) is 0 Å². The van der Waals surface area contributed by atoms with E-state index < -0.39 is 0 Å². The van der Waals surface area contributed by atoms with Gasteiger partial charge in [-0.3, -0.25) is 4.79 Å². The predicted molar refractivity (Wildman–Crippen MR) is 84.8 cm³/mol. The highest BCUT2D eigenvalue weighted by molar-refractivity contribution is 6.30. The van der Waals surface area contributed by atoms with Gasteiger partial charge >= 0.3 is 0 Å². The number of pyridine rings is 1. The SMILES string of the molecule is CCOCCN(CC)C(=O)c1cc(Cl)nc2ccccc12. The van der Waals surface area contributed by atoms with Gasteiger partial charge in [0.05, 0.1) is 17.7 Å². The Hall–Kier alpha value is -1.65. The van der Waals surface area contributed by atoms with Crippen LogP contribution in [0.15, 0.2) is 30.3 Å². The summed E-state index contributed by atoms with van der Waals surface area (Å²) in [5.74, 6) is -0.0438. The first-order chi connectivity index (χ1) is 10.2. The number of carbonyl (C=O) groups excluding carboxylic acids is 1. The van der Waals surface area contributed by atoms with E-state index in [2.05, 4.69) is 4.98 Å². The summed E-state index contributed by atoms with van der Waals surface area (Å²) in [6, 6.07) is 9.16. The Labute approximate surface area is 129 Å². The van der Waals surface area contributed by atoms with Crippen molar-refractivity contribution in [3.63, 3.8) is 0 Å². The number of benzene rings is 1. The molecule has 0 fully saturated rings. The van der Waals surface area contributed by atoms with Crippen molar-refractivity contribution < 1.29 is 9.53 Å². The molecule has 21 heavy (non-hydrogen) atoms. The molecule has 0 saturated carbocycles. The van der Waals surface area contributed by atoms with Crippen LogP contribution in [0, 0.1) is 0 Å². The molecule has 0 aliphatic carbocycles. The van der Waals surface area contributed by atoms with E-state index >= 15 is 0 Å². The molecule has 112 valence electrons. The number of ether oxygens (including phenoxy) is 1. The highest BCUT2D eigenvalue weighted by atomic mass is 35.5. The van der Waals surface area contributed by atoms with Crippen molar-refractivity contribution >= 4 is 28.4 Å². The third kappa shape index (κ3) is 3.71. The van der Waals surface area contributed by atoms with Gasteiger partial charge in [-0.2, -0.15) is 0 Å². The zero-order valence-corrected chi connectivity index (χ0v) is 13.1. The van der Waals surface area contributed by atoms with Crippen LogP contribution in [0.5, 0.6) is 0 Å². The first-order valence-electron chi connectivity index (χ1n) is 7.09. The molecule has 0 saturated heterocycles. The van der Waals surface area contributed by atoms with Gasteiger partial charge in [0.25, 0.3) is 5.91 Å². The van der Waals surface area contributed by atoms with Crippen LogP contribution in [-0.2, 0) is 4.74 Å². The fourth-order valence-corrected chi connectivity index (χ4v) is 2.41. The van der Waals surface area contributed by atoms with Gasteiger partial charge in [-0.25, -0.2) is 4.98 Å². The minimum absolute atomic E-state index is 0.0438. The monoisotopic (exact) mass is 306 g/mol. The molecule has 0 bridgehead atoms. The first-order valence-corrected chi connectivity index (χ1v) is 7.47. The molecule has 1 aromatic carbocycles. The number of hydrogen-bond donors (Lipinski definition) is 0. The molecule has 1 heterocycles. The maximum atomic E-state index is 12.7. The second kappa shape index (κ2) is 7.38. The molecule has 1 amide bonds. The lowest BCUT2D eigenvalue weighted by Crippen LogP contribution is -2.34. The fraction of sp³-hybridized carbons (Fsp3) is 0.375. The predicted octanol–water partition coefficient (Wildman–Crippen LogP) is 3.39. The molecule has 0 radical (unpaired) electrons. The van der Waals surface area contributed by atoms with E-state index in [-0.39, 0.29) is 5.91 Å². The van der Waals surface area contributed by atoms with Gasteiger partial charge in [0.15, 0.2) is 0 Å². The van der Waals surface area contributed by atoms with E-state index in [0.29, 0.717) is 37.0 Å². The molecular weight excluding hydrogens is 288 g/mol. The highest BCUT2D eigenvalue weighted by Gasteiger charge is 2.17. The molecule has 2 rings (SSSR count). The number of likely N-dealkylation sites (N-methyl/N-ethyl adjacent to an activating group) is 1. The lowest BCUT2D eigenvalue weighted by Gasteiger charge is -2.21. The zero-order chi connectivity index (χ0) is 15.2. The van der Waals surface area contributed by atoms with Crippen LogP contribution in [-0.4, -0.2) is 42.1 Å². The third-order valence-electron chi connectivity index (χ3n) is 3.29. The van der Waals surface area contributed by atoms with Crippen LogP contribution in [0.2, 0.25) is 5.15 Å². The average Bonchev–Trinajstić information content (AvgIpc) is 2.50. The molecule has 0 N–H and O–H groups in total. The van der Waals surface area contributed by atoms with Crippen molar-refractivity contribution in [2.45, 2.75) is 13.8 Å². The Morgan fingerprint density at radius 2 is 2.10 bits per heavy atom. The summed E-state index contributed by atoms with van der Waals surface area (Å²) in [4.78, 5) is 18.7. The molecule has 4 nitrogen and oxygen atoms in total. The number of halogens is 1. The van der Waals surface area contributed by atoms with E-state index in [1.54, 1.807) is 11.0 Å². The molecule has 0 aliphatic rings. The molecule has 0 spiro atoms. The van der Waals surface area contributed by atoms with Crippen LogP contribution < -0.4 is 0 Å². The highest BCUT2D eigenvalue weighted by Crippen LogP contribution is 2.22. The minimum atomic E-state index is -0.0438. The first kappa shape index (κ1) is 15.7. The summed E-state index contributed by atoms with van der Waals surface area (Å²) in [6.07, 6.45) is 0. The van der Waals surface area contributed by atoms with Crippen LogP contribution in [0.3, 0.4) is 0 Å². The number of fused-ring (bicyclic) bond motifs is 1. The van der Waals surface area contributed by atoms with Crippen molar-refractivity contribution in [1.82, 2.24) is 9.88 Å². The Bertz CT molecular complexity index is 631. The quantitative estimate of drug-likeness (QED) is 0.607. The summed E-state index contributed by atoms with van der Waals surface area (Å²) in [7, 11) is 0. The summed E-state index contributed by atoms with van der Waals surface area (Å²) in [6.45, 7) is 6.27. The van der Waals surface area contributed by atoms with Crippen molar-refractivity contribution in [3.8, 4) is 0 Å². The van der Waals surface area contributed by atoms with E-state index in [0.717, 1.165) is 10.9 Å². The maximum Gasteiger partial charge on any atom is 0.254 e. The van der Waals surface area contributed by atoms with Gasteiger partial charge in [-0.05, 0) is 26.0 Å². The van der Waals surface area contributed by atoms with Gasteiger partial charge in [0.1, 0.15) is 5.15 Å². The summed E-state index contributed by atoms with van der Waals surface area (Å²) in [5.41, 5.74) is 1.32. The third-order valence-corrected chi connectivity index (χ3v) is 3.49. The summed E-state index contributed by atoms with van der Waals surface area (Å²) < 4.78 is 5.33. The molecule has 2 aromatic rings. The van der Waals surface area contributed by atoms with Gasteiger partial charge < -0.3 is 9.64 Å². The molecule has 5 heteroatoms. The van der Waals surface area contributed by atoms with Crippen LogP contribution in [0.1, 0.15) is 24.2 Å².